The van der Waals surface area contributed by atoms with Gasteiger partial charge in [0.2, 0.25) is 11.8 Å². The van der Waals surface area contributed by atoms with Gasteiger partial charge in [-0.2, -0.15) is 0 Å². The number of rotatable bonds is 4. The van der Waals surface area contributed by atoms with Gasteiger partial charge in [-0.25, -0.2) is 0 Å². The molecule has 1 unspecified atom stereocenters. The van der Waals surface area contributed by atoms with Crippen LogP contribution < -0.4 is 5.32 Å². The molecule has 96 valence electrons. The molecule has 0 saturated carbocycles. The van der Waals surface area contributed by atoms with Crippen LogP contribution in [0.4, 0.5) is 0 Å². The SMILES string of the molecule is CCCCCN1CC2CNCC(=O)N2CC1=O. The van der Waals surface area contributed by atoms with E-state index in [9.17, 15) is 9.59 Å². The van der Waals surface area contributed by atoms with Crippen molar-refractivity contribution in [2.24, 2.45) is 0 Å². The van der Waals surface area contributed by atoms with Gasteiger partial charge in [-0.1, -0.05) is 19.8 Å². The Kier molecular flexibility index (Phi) is 3.99. The number of nitrogens with one attached hydrogen (secondary N) is 1. The summed E-state index contributed by atoms with van der Waals surface area (Å²) in [5.74, 6) is 0.162. The van der Waals surface area contributed by atoms with E-state index >= 15 is 0 Å². The molecule has 5 heteroatoms. The summed E-state index contributed by atoms with van der Waals surface area (Å²) in [6.45, 7) is 5.15. The summed E-state index contributed by atoms with van der Waals surface area (Å²) >= 11 is 0. The van der Waals surface area contributed by atoms with E-state index < -0.39 is 0 Å². The van der Waals surface area contributed by atoms with Crippen molar-refractivity contribution in [3.8, 4) is 0 Å². The zero-order chi connectivity index (χ0) is 12.3. The highest BCUT2D eigenvalue weighted by Gasteiger charge is 2.36. The van der Waals surface area contributed by atoms with Crippen LogP contribution in [-0.4, -0.2) is 60.4 Å². The first-order chi connectivity index (χ1) is 8.22. The molecule has 0 aromatic rings. The number of nitrogens with zero attached hydrogens (tertiary/aromatic N) is 2. The molecule has 0 aromatic carbocycles. The van der Waals surface area contributed by atoms with Crippen LogP contribution >= 0.6 is 0 Å². The average molecular weight is 239 g/mol. The van der Waals surface area contributed by atoms with Crippen LogP contribution in [0.2, 0.25) is 0 Å². The highest BCUT2D eigenvalue weighted by atomic mass is 16.2. The molecule has 0 aliphatic carbocycles. The van der Waals surface area contributed by atoms with Crippen LogP contribution in [-0.2, 0) is 9.59 Å². The predicted octanol–water partition coefficient (Wildman–Crippen LogP) is -0.181. The largest absolute Gasteiger partial charge is 0.339 e. The molecule has 0 spiro atoms. The smallest absolute Gasteiger partial charge is 0.242 e. The molecule has 2 fully saturated rings. The summed E-state index contributed by atoms with van der Waals surface area (Å²) in [4.78, 5) is 27.2. The first kappa shape index (κ1) is 12.4. The molecule has 0 aromatic heterocycles. The quantitative estimate of drug-likeness (QED) is 0.692. The van der Waals surface area contributed by atoms with E-state index in [0.717, 1.165) is 32.4 Å². The minimum atomic E-state index is 0.0582. The zero-order valence-corrected chi connectivity index (χ0v) is 10.4. The van der Waals surface area contributed by atoms with Crippen molar-refractivity contribution < 1.29 is 9.59 Å². The predicted molar refractivity (Wildman–Crippen MR) is 64.5 cm³/mol. The molecule has 1 atom stereocenters. The lowest BCUT2D eigenvalue weighted by Gasteiger charge is -2.43. The van der Waals surface area contributed by atoms with Crippen LogP contribution in [0.15, 0.2) is 0 Å². The number of piperazine rings is 2. The summed E-state index contributed by atoms with van der Waals surface area (Å²) < 4.78 is 0. The maximum atomic E-state index is 11.9. The Balaban J connectivity index is 1.90. The lowest BCUT2D eigenvalue weighted by atomic mass is 10.1. The fraction of sp³-hybridized carbons (Fsp3) is 0.833. The molecular weight excluding hydrogens is 218 g/mol. The molecule has 2 heterocycles. The summed E-state index contributed by atoms with van der Waals surface area (Å²) in [7, 11) is 0. The van der Waals surface area contributed by atoms with Crippen LogP contribution in [0.3, 0.4) is 0 Å². The standard InChI is InChI=1S/C12H21N3O2/c1-2-3-4-5-14-8-10-6-13-7-11(16)15(10)9-12(14)17/h10,13H,2-9H2,1H3. The number of amides is 2. The third kappa shape index (κ3) is 2.77. The fourth-order valence-corrected chi connectivity index (χ4v) is 2.51. The minimum absolute atomic E-state index is 0.0582. The van der Waals surface area contributed by atoms with Gasteiger partial charge in [0.05, 0.1) is 12.6 Å². The van der Waals surface area contributed by atoms with E-state index in [0.29, 0.717) is 13.1 Å². The van der Waals surface area contributed by atoms with Crippen molar-refractivity contribution in [2.45, 2.75) is 32.2 Å². The van der Waals surface area contributed by atoms with Crippen LogP contribution in [0.1, 0.15) is 26.2 Å². The summed E-state index contributed by atoms with van der Waals surface area (Å²) in [5.41, 5.74) is 0. The topological polar surface area (TPSA) is 52.7 Å². The number of carbonyl (C=O) groups excluding carboxylic acids is 2. The van der Waals surface area contributed by atoms with Crippen molar-refractivity contribution in [1.82, 2.24) is 15.1 Å². The second kappa shape index (κ2) is 5.49. The van der Waals surface area contributed by atoms with Gasteiger partial charge in [-0.05, 0) is 6.42 Å². The Morgan fingerprint density at radius 1 is 1.29 bits per heavy atom. The van der Waals surface area contributed by atoms with Crippen LogP contribution in [0.25, 0.3) is 0 Å². The van der Waals surface area contributed by atoms with Crippen LogP contribution in [0, 0.1) is 0 Å². The summed E-state index contributed by atoms with van der Waals surface area (Å²) in [6.07, 6.45) is 3.39. The molecular formula is C12H21N3O2. The molecule has 2 aliphatic rings. The van der Waals surface area contributed by atoms with Gasteiger partial charge in [-0.3, -0.25) is 9.59 Å². The Morgan fingerprint density at radius 3 is 2.88 bits per heavy atom. The van der Waals surface area contributed by atoms with Crippen molar-refractivity contribution in [2.75, 3.05) is 32.7 Å². The second-order valence-electron chi connectivity index (χ2n) is 4.85. The third-order valence-corrected chi connectivity index (χ3v) is 3.54. The van der Waals surface area contributed by atoms with Gasteiger partial charge in [0, 0.05) is 19.6 Å². The van der Waals surface area contributed by atoms with Crippen molar-refractivity contribution >= 4 is 11.8 Å². The van der Waals surface area contributed by atoms with Crippen molar-refractivity contribution in [1.29, 1.82) is 0 Å². The highest BCUT2D eigenvalue weighted by molar-refractivity contribution is 5.87. The summed E-state index contributed by atoms with van der Waals surface area (Å²) in [6, 6.07) is 0.176. The Bertz CT molecular complexity index is 306. The van der Waals surface area contributed by atoms with Gasteiger partial charge in [0.1, 0.15) is 6.54 Å². The molecule has 17 heavy (non-hydrogen) atoms. The Morgan fingerprint density at radius 2 is 2.12 bits per heavy atom. The van der Waals surface area contributed by atoms with Gasteiger partial charge in [0.25, 0.3) is 0 Å². The molecule has 0 bridgehead atoms. The average Bonchev–Trinajstić information content (AvgIpc) is 2.31. The van der Waals surface area contributed by atoms with E-state index in [-0.39, 0.29) is 24.4 Å². The van der Waals surface area contributed by atoms with Crippen molar-refractivity contribution in [3.05, 3.63) is 0 Å². The third-order valence-electron chi connectivity index (χ3n) is 3.54. The second-order valence-corrected chi connectivity index (χ2v) is 4.85. The van der Waals surface area contributed by atoms with Gasteiger partial charge in [0.15, 0.2) is 0 Å². The summed E-state index contributed by atoms with van der Waals surface area (Å²) in [5, 5.41) is 3.11. The first-order valence-electron chi connectivity index (χ1n) is 6.50. The Hall–Kier alpha value is -1.10. The van der Waals surface area contributed by atoms with E-state index in [4.69, 9.17) is 0 Å². The molecule has 2 saturated heterocycles. The molecule has 5 nitrogen and oxygen atoms in total. The molecule has 2 amide bonds. The van der Waals surface area contributed by atoms with Gasteiger partial charge < -0.3 is 15.1 Å². The number of carbonyl (C=O) groups is 2. The fourth-order valence-electron chi connectivity index (χ4n) is 2.51. The molecule has 2 aliphatic heterocycles. The minimum Gasteiger partial charge on any atom is -0.339 e. The lowest BCUT2D eigenvalue weighted by molar-refractivity contribution is -0.150. The van der Waals surface area contributed by atoms with Gasteiger partial charge in [-0.15, -0.1) is 0 Å². The maximum Gasteiger partial charge on any atom is 0.242 e. The monoisotopic (exact) mass is 239 g/mol. The Labute approximate surface area is 102 Å². The van der Waals surface area contributed by atoms with Crippen molar-refractivity contribution in [3.63, 3.8) is 0 Å². The zero-order valence-electron chi connectivity index (χ0n) is 10.4. The van der Waals surface area contributed by atoms with Gasteiger partial charge >= 0.3 is 0 Å². The number of unbranched alkanes of at least 4 members (excludes halogenated alkanes) is 2. The molecule has 1 N–H and O–H groups in total. The van der Waals surface area contributed by atoms with E-state index in [2.05, 4.69) is 12.2 Å². The molecule has 2 rings (SSSR count). The molecule has 0 radical (unpaired) electrons. The number of fused-ring (bicyclic) bond motifs is 1. The highest BCUT2D eigenvalue weighted by Crippen LogP contribution is 2.14. The van der Waals surface area contributed by atoms with E-state index in [1.165, 1.54) is 0 Å². The van der Waals surface area contributed by atoms with E-state index in [1.54, 1.807) is 4.90 Å². The maximum absolute atomic E-state index is 11.9. The number of hydrogen-bond donors (Lipinski definition) is 1. The first-order valence-corrected chi connectivity index (χ1v) is 6.50. The van der Waals surface area contributed by atoms with E-state index in [1.807, 2.05) is 4.90 Å². The normalized spacial score (nSPS) is 25.1. The van der Waals surface area contributed by atoms with Crippen LogP contribution in [0.5, 0.6) is 0 Å². The number of hydrogen-bond acceptors (Lipinski definition) is 3. The lowest BCUT2D eigenvalue weighted by Crippen LogP contribution is -2.65.